The quantitative estimate of drug-likeness (QED) is 0.907. The molecule has 1 N–H and O–H groups in total. The highest BCUT2D eigenvalue weighted by Crippen LogP contribution is 2.35. The minimum Gasteiger partial charge on any atom is -0.493 e. The van der Waals surface area contributed by atoms with Crippen molar-refractivity contribution in [3.8, 4) is 5.75 Å². The van der Waals surface area contributed by atoms with Crippen molar-refractivity contribution >= 4 is 5.78 Å². The van der Waals surface area contributed by atoms with E-state index in [1.807, 2.05) is 18.2 Å². The van der Waals surface area contributed by atoms with Gasteiger partial charge in [-0.05, 0) is 43.4 Å². The molecule has 1 aromatic rings. The summed E-state index contributed by atoms with van der Waals surface area (Å²) in [5.41, 5.74) is 1.21. The van der Waals surface area contributed by atoms with E-state index in [9.17, 15) is 4.79 Å². The first-order valence-corrected chi connectivity index (χ1v) is 7.32. The fraction of sp³-hybridized carbons (Fsp3) is 0.562. The number of carbonyl (C=O) groups is 1. The van der Waals surface area contributed by atoms with Gasteiger partial charge in [-0.3, -0.25) is 4.79 Å². The van der Waals surface area contributed by atoms with Gasteiger partial charge in [0.25, 0.3) is 0 Å². The second kappa shape index (κ2) is 5.74. The molecular weight excluding hydrogens is 238 g/mol. The number of hydrogen-bond acceptors (Lipinski definition) is 3. The average Bonchev–Trinajstić information content (AvgIpc) is 2.48. The third kappa shape index (κ3) is 2.81. The van der Waals surface area contributed by atoms with Crippen LogP contribution in [0.4, 0.5) is 0 Å². The number of benzene rings is 1. The molecule has 1 saturated heterocycles. The van der Waals surface area contributed by atoms with Crippen LogP contribution in [-0.2, 0) is 4.79 Å². The minimum atomic E-state index is 0.0868. The predicted molar refractivity (Wildman–Crippen MR) is 74.6 cm³/mol. The second-order valence-corrected chi connectivity index (χ2v) is 5.54. The lowest BCUT2D eigenvalue weighted by molar-refractivity contribution is -0.122. The van der Waals surface area contributed by atoms with Gasteiger partial charge in [0.2, 0.25) is 0 Å². The lowest BCUT2D eigenvalue weighted by atomic mass is 9.86. The van der Waals surface area contributed by atoms with E-state index in [1.165, 1.54) is 18.4 Å². The molecule has 0 radical (unpaired) electrons. The number of rotatable bonds is 3. The first kappa shape index (κ1) is 12.7. The maximum Gasteiger partial charge on any atom is 0.150 e. The van der Waals surface area contributed by atoms with Crippen molar-refractivity contribution in [2.75, 3.05) is 13.2 Å². The summed E-state index contributed by atoms with van der Waals surface area (Å²) in [6.07, 6.45) is 4.98. The maximum absolute atomic E-state index is 12.4. The van der Waals surface area contributed by atoms with E-state index in [-0.39, 0.29) is 6.04 Å². The van der Waals surface area contributed by atoms with Gasteiger partial charge < -0.3 is 10.1 Å². The van der Waals surface area contributed by atoms with Gasteiger partial charge in [-0.15, -0.1) is 0 Å². The van der Waals surface area contributed by atoms with Crippen molar-refractivity contribution in [1.29, 1.82) is 0 Å². The lowest BCUT2D eigenvalue weighted by Gasteiger charge is -2.28. The van der Waals surface area contributed by atoms with Crippen LogP contribution in [0.1, 0.15) is 43.6 Å². The molecule has 0 aromatic heterocycles. The standard InChI is InChI=1S/C16H21NO2/c18-15(14-6-3-4-9-17-14)11-12-8-10-19-16-7-2-1-5-13(12)16/h1-2,5,7,12,14,17H,3-4,6,8-11H2. The molecule has 2 heterocycles. The van der Waals surface area contributed by atoms with Gasteiger partial charge >= 0.3 is 0 Å². The summed E-state index contributed by atoms with van der Waals surface area (Å²) in [7, 11) is 0. The number of fused-ring (bicyclic) bond motifs is 1. The highest BCUT2D eigenvalue weighted by atomic mass is 16.5. The first-order chi connectivity index (χ1) is 9.34. The number of ketones is 1. The molecular formula is C16H21NO2. The number of piperidine rings is 1. The Kier molecular flexibility index (Phi) is 3.83. The first-order valence-electron chi connectivity index (χ1n) is 7.32. The Morgan fingerprint density at radius 1 is 1.26 bits per heavy atom. The summed E-state index contributed by atoms with van der Waals surface area (Å²) < 4.78 is 5.65. The Balaban J connectivity index is 1.68. The largest absolute Gasteiger partial charge is 0.493 e. The summed E-state index contributed by atoms with van der Waals surface area (Å²) >= 11 is 0. The zero-order valence-electron chi connectivity index (χ0n) is 11.2. The highest BCUT2D eigenvalue weighted by Gasteiger charge is 2.27. The van der Waals surface area contributed by atoms with Gasteiger partial charge in [0.1, 0.15) is 11.5 Å². The second-order valence-electron chi connectivity index (χ2n) is 5.54. The van der Waals surface area contributed by atoms with E-state index in [2.05, 4.69) is 11.4 Å². The number of para-hydroxylation sites is 1. The Hall–Kier alpha value is -1.35. The number of ether oxygens (including phenoxy) is 1. The monoisotopic (exact) mass is 259 g/mol. The molecule has 102 valence electrons. The van der Waals surface area contributed by atoms with Crippen molar-refractivity contribution in [2.45, 2.75) is 44.1 Å². The summed E-state index contributed by atoms with van der Waals surface area (Å²) in [6, 6.07) is 8.21. The number of Topliss-reactive ketones (excluding diaryl/α,β-unsaturated/α-hetero) is 1. The van der Waals surface area contributed by atoms with Crippen LogP contribution in [0, 0.1) is 0 Å². The molecule has 2 aliphatic rings. The predicted octanol–water partition coefficient (Wildman–Crippen LogP) is 2.65. The lowest BCUT2D eigenvalue weighted by Crippen LogP contribution is -2.41. The Morgan fingerprint density at radius 3 is 3.00 bits per heavy atom. The average molecular weight is 259 g/mol. The minimum absolute atomic E-state index is 0.0868. The van der Waals surface area contributed by atoms with Crippen molar-refractivity contribution in [1.82, 2.24) is 5.32 Å². The van der Waals surface area contributed by atoms with Crippen molar-refractivity contribution in [3.63, 3.8) is 0 Å². The summed E-state index contributed by atoms with van der Waals surface area (Å²) in [4.78, 5) is 12.4. The fourth-order valence-electron chi connectivity index (χ4n) is 3.14. The number of nitrogens with one attached hydrogen (secondary N) is 1. The normalized spacial score (nSPS) is 26.3. The highest BCUT2D eigenvalue weighted by molar-refractivity contribution is 5.85. The van der Waals surface area contributed by atoms with Crippen LogP contribution in [0.15, 0.2) is 24.3 Å². The molecule has 1 fully saturated rings. The molecule has 0 aliphatic carbocycles. The molecule has 2 unspecified atom stereocenters. The van der Waals surface area contributed by atoms with Crippen LogP contribution in [0.2, 0.25) is 0 Å². The van der Waals surface area contributed by atoms with Crippen molar-refractivity contribution < 1.29 is 9.53 Å². The fourth-order valence-corrected chi connectivity index (χ4v) is 3.14. The zero-order chi connectivity index (χ0) is 13.1. The van der Waals surface area contributed by atoms with Gasteiger partial charge in [-0.2, -0.15) is 0 Å². The number of carbonyl (C=O) groups excluding carboxylic acids is 1. The van der Waals surface area contributed by atoms with Crippen LogP contribution in [0.5, 0.6) is 5.75 Å². The Morgan fingerprint density at radius 2 is 2.16 bits per heavy atom. The molecule has 3 nitrogen and oxygen atoms in total. The Labute approximate surface area is 114 Å². The van der Waals surface area contributed by atoms with Gasteiger partial charge in [0, 0.05) is 6.42 Å². The van der Waals surface area contributed by atoms with Gasteiger partial charge in [0.15, 0.2) is 0 Å². The van der Waals surface area contributed by atoms with E-state index >= 15 is 0 Å². The molecule has 0 spiro atoms. The van der Waals surface area contributed by atoms with Gasteiger partial charge in [-0.1, -0.05) is 24.6 Å². The molecule has 0 bridgehead atoms. The third-order valence-electron chi connectivity index (χ3n) is 4.23. The molecule has 1 aromatic carbocycles. The molecule has 0 amide bonds. The van der Waals surface area contributed by atoms with Crippen molar-refractivity contribution in [3.05, 3.63) is 29.8 Å². The van der Waals surface area contributed by atoms with Crippen LogP contribution in [0.3, 0.4) is 0 Å². The third-order valence-corrected chi connectivity index (χ3v) is 4.23. The van der Waals surface area contributed by atoms with Crippen LogP contribution >= 0.6 is 0 Å². The van der Waals surface area contributed by atoms with E-state index in [4.69, 9.17) is 4.74 Å². The molecule has 2 atom stereocenters. The van der Waals surface area contributed by atoms with Crippen LogP contribution in [0.25, 0.3) is 0 Å². The zero-order valence-corrected chi connectivity index (χ0v) is 11.2. The molecule has 0 saturated carbocycles. The van der Waals surface area contributed by atoms with Gasteiger partial charge in [-0.25, -0.2) is 0 Å². The molecule has 3 heteroatoms. The van der Waals surface area contributed by atoms with E-state index in [1.54, 1.807) is 0 Å². The SMILES string of the molecule is O=C(CC1CCOc2ccccc21)C1CCCCN1. The van der Waals surface area contributed by atoms with Crippen LogP contribution < -0.4 is 10.1 Å². The maximum atomic E-state index is 12.4. The van der Waals surface area contributed by atoms with Gasteiger partial charge in [0.05, 0.1) is 12.6 Å². The van der Waals surface area contributed by atoms with E-state index in [0.717, 1.165) is 31.7 Å². The summed E-state index contributed by atoms with van der Waals surface area (Å²) in [6.45, 7) is 1.72. The van der Waals surface area contributed by atoms with Crippen molar-refractivity contribution in [2.24, 2.45) is 0 Å². The molecule has 19 heavy (non-hydrogen) atoms. The number of hydrogen-bond donors (Lipinski definition) is 1. The smallest absolute Gasteiger partial charge is 0.150 e. The summed E-state index contributed by atoms with van der Waals surface area (Å²) in [5, 5.41) is 3.35. The topological polar surface area (TPSA) is 38.3 Å². The van der Waals surface area contributed by atoms with Crippen LogP contribution in [-0.4, -0.2) is 25.0 Å². The van der Waals surface area contributed by atoms with E-state index < -0.39 is 0 Å². The molecule has 3 rings (SSSR count). The summed E-state index contributed by atoms with van der Waals surface area (Å²) in [5.74, 6) is 1.67. The van der Waals surface area contributed by atoms with E-state index in [0.29, 0.717) is 18.1 Å². The molecule has 2 aliphatic heterocycles. The Bertz CT molecular complexity index is 452.